The summed E-state index contributed by atoms with van der Waals surface area (Å²) in [5, 5.41) is 2.47. The van der Waals surface area contributed by atoms with Gasteiger partial charge in [-0.1, -0.05) is 6.07 Å². The molecule has 1 fully saturated rings. The van der Waals surface area contributed by atoms with Crippen LogP contribution in [0.3, 0.4) is 0 Å². The van der Waals surface area contributed by atoms with Crippen molar-refractivity contribution in [2.45, 2.75) is 31.2 Å². The van der Waals surface area contributed by atoms with Crippen molar-refractivity contribution < 1.29 is 27.2 Å². The Kier molecular flexibility index (Phi) is 6.15. The Balaban J connectivity index is 1.62. The summed E-state index contributed by atoms with van der Waals surface area (Å²) < 4.78 is 37.5. The van der Waals surface area contributed by atoms with E-state index >= 15 is 0 Å². The summed E-state index contributed by atoms with van der Waals surface area (Å²) in [5.74, 6) is -0.137. The largest absolute Gasteiger partial charge is 0.468 e. The van der Waals surface area contributed by atoms with Crippen molar-refractivity contribution in [3.63, 3.8) is 0 Å². The Morgan fingerprint density at radius 3 is 2.71 bits per heavy atom. The minimum Gasteiger partial charge on any atom is -0.468 e. The molecule has 150 valence electrons. The molecule has 0 bridgehead atoms. The molecule has 1 aromatic carbocycles. The van der Waals surface area contributed by atoms with Crippen LogP contribution < -0.4 is 10.0 Å². The standard InChI is InChI=1S/C19H22N2O6S/c1-13-4-7-16(28(24,25)21-10-15-3-2-8-26-15)9-17(13)19(23)20-11-18(22)27-12-14-5-6-14/h2-4,7-9,14,21H,5-6,10-12H2,1H3,(H,20,23). The van der Waals surface area contributed by atoms with Gasteiger partial charge in [-0.3, -0.25) is 9.59 Å². The molecule has 0 aliphatic heterocycles. The van der Waals surface area contributed by atoms with Crippen molar-refractivity contribution in [3.8, 4) is 0 Å². The Morgan fingerprint density at radius 1 is 1.25 bits per heavy atom. The van der Waals surface area contributed by atoms with E-state index in [1.54, 1.807) is 25.1 Å². The van der Waals surface area contributed by atoms with Crippen molar-refractivity contribution in [3.05, 3.63) is 53.5 Å². The molecule has 0 saturated heterocycles. The van der Waals surface area contributed by atoms with Gasteiger partial charge in [0.15, 0.2) is 0 Å². The highest BCUT2D eigenvalue weighted by molar-refractivity contribution is 7.89. The van der Waals surface area contributed by atoms with Crippen LogP contribution in [0.1, 0.15) is 34.5 Å². The molecule has 1 aromatic heterocycles. The third-order valence-corrected chi connectivity index (χ3v) is 5.75. The van der Waals surface area contributed by atoms with Gasteiger partial charge in [0.05, 0.1) is 24.3 Å². The summed E-state index contributed by atoms with van der Waals surface area (Å²) >= 11 is 0. The van der Waals surface area contributed by atoms with E-state index in [9.17, 15) is 18.0 Å². The van der Waals surface area contributed by atoms with Crippen LogP contribution >= 0.6 is 0 Å². The second kappa shape index (κ2) is 8.57. The summed E-state index contributed by atoms with van der Waals surface area (Å²) in [4.78, 5) is 24.0. The monoisotopic (exact) mass is 406 g/mol. The minimum absolute atomic E-state index is 0.00241. The second-order valence-electron chi connectivity index (χ2n) is 6.69. The van der Waals surface area contributed by atoms with Crippen LogP contribution in [0.5, 0.6) is 0 Å². The fourth-order valence-corrected chi connectivity index (χ4v) is 3.49. The lowest BCUT2D eigenvalue weighted by atomic mass is 10.1. The first-order valence-electron chi connectivity index (χ1n) is 8.91. The van der Waals surface area contributed by atoms with E-state index in [1.807, 2.05) is 0 Å². The first-order valence-corrected chi connectivity index (χ1v) is 10.4. The van der Waals surface area contributed by atoms with Crippen molar-refractivity contribution in [2.75, 3.05) is 13.2 Å². The maximum absolute atomic E-state index is 12.5. The summed E-state index contributed by atoms with van der Waals surface area (Å²) in [6.45, 7) is 1.80. The molecule has 2 N–H and O–H groups in total. The van der Waals surface area contributed by atoms with Crippen LogP contribution in [0.2, 0.25) is 0 Å². The summed E-state index contributed by atoms with van der Waals surface area (Å²) in [6.07, 6.45) is 3.58. The topological polar surface area (TPSA) is 115 Å². The minimum atomic E-state index is -3.83. The predicted molar refractivity (Wildman–Crippen MR) is 99.9 cm³/mol. The van der Waals surface area contributed by atoms with E-state index < -0.39 is 21.9 Å². The van der Waals surface area contributed by atoms with Gasteiger partial charge >= 0.3 is 5.97 Å². The third kappa shape index (κ3) is 5.43. The van der Waals surface area contributed by atoms with E-state index in [1.165, 1.54) is 18.4 Å². The number of amides is 1. The second-order valence-corrected chi connectivity index (χ2v) is 8.46. The molecular weight excluding hydrogens is 384 g/mol. The SMILES string of the molecule is Cc1ccc(S(=O)(=O)NCc2ccco2)cc1C(=O)NCC(=O)OCC1CC1. The molecule has 1 heterocycles. The Morgan fingerprint density at radius 2 is 2.04 bits per heavy atom. The zero-order valence-electron chi connectivity index (χ0n) is 15.4. The number of rotatable bonds is 9. The number of nitrogens with one attached hydrogen (secondary N) is 2. The van der Waals surface area contributed by atoms with Crippen molar-refractivity contribution in [1.82, 2.24) is 10.0 Å². The van der Waals surface area contributed by atoms with Crippen molar-refractivity contribution in [2.24, 2.45) is 5.92 Å². The lowest BCUT2D eigenvalue weighted by Gasteiger charge is -2.11. The van der Waals surface area contributed by atoms with Gasteiger partial charge in [0, 0.05) is 5.56 Å². The van der Waals surface area contributed by atoms with Crippen molar-refractivity contribution in [1.29, 1.82) is 0 Å². The van der Waals surface area contributed by atoms with E-state index in [2.05, 4.69) is 10.0 Å². The van der Waals surface area contributed by atoms with Crippen LogP contribution in [-0.2, 0) is 26.1 Å². The number of benzene rings is 1. The molecule has 2 aromatic rings. The van der Waals surface area contributed by atoms with Crippen LogP contribution in [0.25, 0.3) is 0 Å². The Bertz CT molecular complexity index is 949. The van der Waals surface area contributed by atoms with Crippen molar-refractivity contribution >= 4 is 21.9 Å². The zero-order chi connectivity index (χ0) is 20.1. The van der Waals surface area contributed by atoms with Gasteiger partial charge in [-0.15, -0.1) is 0 Å². The first kappa shape index (κ1) is 20.1. The van der Waals surface area contributed by atoms with Crippen LogP contribution in [0.4, 0.5) is 0 Å². The highest BCUT2D eigenvalue weighted by atomic mass is 32.2. The molecule has 1 saturated carbocycles. The molecule has 0 radical (unpaired) electrons. The van der Waals surface area contributed by atoms with Crippen LogP contribution in [-0.4, -0.2) is 33.4 Å². The molecule has 1 amide bonds. The Labute approximate surface area is 163 Å². The molecular formula is C19H22N2O6S. The fourth-order valence-electron chi connectivity index (χ4n) is 2.47. The van der Waals surface area contributed by atoms with Gasteiger partial charge in [-0.25, -0.2) is 13.1 Å². The number of ether oxygens (including phenoxy) is 1. The molecule has 8 nitrogen and oxygen atoms in total. The smallest absolute Gasteiger partial charge is 0.325 e. The molecule has 1 aliphatic rings. The third-order valence-electron chi connectivity index (χ3n) is 4.35. The first-order chi connectivity index (χ1) is 13.3. The molecule has 0 spiro atoms. The van der Waals surface area contributed by atoms with Gasteiger partial charge in [-0.05, 0) is 55.5 Å². The van der Waals surface area contributed by atoms with E-state index in [4.69, 9.17) is 9.15 Å². The van der Waals surface area contributed by atoms with Crippen LogP contribution in [0, 0.1) is 12.8 Å². The van der Waals surface area contributed by atoms with E-state index in [0.717, 1.165) is 12.8 Å². The lowest BCUT2D eigenvalue weighted by Crippen LogP contribution is -2.31. The zero-order valence-corrected chi connectivity index (χ0v) is 16.3. The average molecular weight is 406 g/mol. The average Bonchev–Trinajstić information content (AvgIpc) is 3.35. The number of carbonyl (C=O) groups is 2. The lowest BCUT2D eigenvalue weighted by molar-refractivity contribution is -0.142. The molecule has 9 heteroatoms. The molecule has 1 aliphatic carbocycles. The number of hydrogen-bond acceptors (Lipinski definition) is 6. The summed E-state index contributed by atoms with van der Waals surface area (Å²) in [5.41, 5.74) is 0.768. The maximum atomic E-state index is 12.5. The Hall–Kier alpha value is -2.65. The fraction of sp³-hybridized carbons (Fsp3) is 0.368. The predicted octanol–water partition coefficient (Wildman–Crippen LogP) is 1.75. The number of aryl methyl sites for hydroxylation is 1. The van der Waals surface area contributed by atoms with Gasteiger partial charge in [-0.2, -0.15) is 0 Å². The summed E-state index contributed by atoms with van der Waals surface area (Å²) in [7, 11) is -3.83. The number of sulfonamides is 1. The van der Waals surface area contributed by atoms with Gasteiger partial charge in [0.2, 0.25) is 10.0 Å². The van der Waals surface area contributed by atoms with Crippen LogP contribution in [0.15, 0.2) is 45.9 Å². The quantitative estimate of drug-likeness (QED) is 0.613. The van der Waals surface area contributed by atoms with E-state index in [-0.39, 0.29) is 23.5 Å². The number of furan rings is 1. The highest BCUT2D eigenvalue weighted by Crippen LogP contribution is 2.28. The number of esters is 1. The van der Waals surface area contributed by atoms with Gasteiger partial charge < -0.3 is 14.5 Å². The molecule has 3 rings (SSSR count). The summed E-state index contributed by atoms with van der Waals surface area (Å²) in [6, 6.07) is 7.55. The molecule has 0 unspecified atom stereocenters. The van der Waals surface area contributed by atoms with E-state index in [0.29, 0.717) is 23.8 Å². The number of carbonyl (C=O) groups excluding carboxylic acids is 2. The highest BCUT2D eigenvalue weighted by Gasteiger charge is 2.23. The van der Waals surface area contributed by atoms with Gasteiger partial charge in [0.1, 0.15) is 12.3 Å². The molecule has 0 atom stereocenters. The number of hydrogen-bond donors (Lipinski definition) is 2. The molecule has 28 heavy (non-hydrogen) atoms. The van der Waals surface area contributed by atoms with Gasteiger partial charge in [0.25, 0.3) is 5.91 Å². The maximum Gasteiger partial charge on any atom is 0.325 e. The normalized spacial score (nSPS) is 13.9.